The van der Waals surface area contributed by atoms with Gasteiger partial charge >= 0.3 is 0 Å². The molecule has 2 atom stereocenters. The van der Waals surface area contributed by atoms with Crippen LogP contribution in [0.5, 0.6) is 0 Å². The van der Waals surface area contributed by atoms with E-state index >= 15 is 0 Å². The fraction of sp³-hybridized carbons (Fsp3) is 0.529. The molecule has 2 aromatic heterocycles. The lowest BCUT2D eigenvalue weighted by atomic mass is 9.97. The molecule has 0 unspecified atom stereocenters. The third-order valence-electron chi connectivity index (χ3n) is 4.68. The summed E-state index contributed by atoms with van der Waals surface area (Å²) in [6.45, 7) is 5.57. The molecule has 2 aliphatic rings. The monoisotopic (exact) mass is 314 g/mol. The minimum atomic E-state index is -0.0336. The Morgan fingerprint density at radius 3 is 3.00 bits per heavy atom. The van der Waals surface area contributed by atoms with Crippen LogP contribution in [0.1, 0.15) is 24.4 Å². The quantitative estimate of drug-likeness (QED) is 0.933. The number of nitrogens with one attached hydrogen (secondary N) is 1. The Kier molecular flexibility index (Phi) is 3.79. The number of nitrogens with zero attached hydrogens (tertiary/aromatic N) is 3. The number of rotatable bonds is 4. The van der Waals surface area contributed by atoms with E-state index in [2.05, 4.69) is 26.3 Å². The second-order valence-corrected chi connectivity index (χ2v) is 6.58. The van der Waals surface area contributed by atoms with Crippen LogP contribution in [0.25, 0.3) is 0 Å². The van der Waals surface area contributed by atoms with Crippen LogP contribution in [0, 0.1) is 6.92 Å². The Morgan fingerprint density at radius 1 is 1.35 bits per heavy atom. The van der Waals surface area contributed by atoms with Gasteiger partial charge in [0, 0.05) is 31.9 Å². The highest BCUT2D eigenvalue weighted by Gasteiger charge is 2.45. The van der Waals surface area contributed by atoms with Crippen LogP contribution in [-0.2, 0) is 11.3 Å². The van der Waals surface area contributed by atoms with Gasteiger partial charge in [0.05, 0.1) is 24.8 Å². The van der Waals surface area contributed by atoms with Gasteiger partial charge in [-0.3, -0.25) is 4.90 Å². The lowest BCUT2D eigenvalue weighted by molar-refractivity contribution is 0.0115. The van der Waals surface area contributed by atoms with Crippen LogP contribution < -0.4 is 5.32 Å². The molecule has 4 rings (SSSR count). The van der Waals surface area contributed by atoms with Gasteiger partial charge in [-0.2, -0.15) is 0 Å². The number of ether oxygens (including phenoxy) is 1. The van der Waals surface area contributed by atoms with Crippen molar-refractivity contribution in [2.24, 2.45) is 0 Å². The van der Waals surface area contributed by atoms with Gasteiger partial charge in [0.1, 0.15) is 11.5 Å². The number of hydrogen-bond donors (Lipinski definition) is 1. The summed E-state index contributed by atoms with van der Waals surface area (Å²) in [7, 11) is 0. The first-order chi connectivity index (χ1) is 11.2. The van der Waals surface area contributed by atoms with E-state index in [9.17, 15) is 0 Å². The molecular formula is C17H22N4O2. The maximum atomic E-state index is 6.17. The molecule has 0 bridgehead atoms. The highest BCUT2D eigenvalue weighted by molar-refractivity contribution is 5.25. The molecular weight excluding hydrogens is 292 g/mol. The molecule has 2 fully saturated rings. The van der Waals surface area contributed by atoms with Crippen LogP contribution >= 0.6 is 0 Å². The van der Waals surface area contributed by atoms with Crippen molar-refractivity contribution in [2.45, 2.75) is 38.0 Å². The maximum Gasteiger partial charge on any atom is 0.222 e. The van der Waals surface area contributed by atoms with Crippen molar-refractivity contribution in [1.82, 2.24) is 14.9 Å². The van der Waals surface area contributed by atoms with Crippen LogP contribution in [-0.4, -0.2) is 46.2 Å². The van der Waals surface area contributed by atoms with Crippen LogP contribution in [0.2, 0.25) is 0 Å². The maximum absolute atomic E-state index is 6.17. The van der Waals surface area contributed by atoms with Crippen molar-refractivity contribution in [3.63, 3.8) is 0 Å². The highest BCUT2D eigenvalue weighted by Crippen LogP contribution is 2.36. The predicted molar refractivity (Wildman–Crippen MR) is 86.1 cm³/mol. The molecule has 23 heavy (non-hydrogen) atoms. The SMILES string of the molecule is Cc1ccc(CN2CC[C@]3(C[C@@H](Nc4ncccn4)CO3)C2)o1. The van der Waals surface area contributed by atoms with Crippen molar-refractivity contribution < 1.29 is 9.15 Å². The van der Waals surface area contributed by atoms with Gasteiger partial charge in [-0.25, -0.2) is 9.97 Å². The summed E-state index contributed by atoms with van der Waals surface area (Å²) in [4.78, 5) is 10.9. The van der Waals surface area contributed by atoms with Gasteiger partial charge in [-0.15, -0.1) is 0 Å². The zero-order chi connectivity index (χ0) is 15.7. The molecule has 6 heteroatoms. The second-order valence-electron chi connectivity index (χ2n) is 6.58. The highest BCUT2D eigenvalue weighted by atomic mass is 16.5. The first-order valence-electron chi connectivity index (χ1n) is 8.16. The topological polar surface area (TPSA) is 63.4 Å². The molecule has 0 aliphatic carbocycles. The smallest absolute Gasteiger partial charge is 0.222 e. The van der Waals surface area contributed by atoms with Crippen molar-refractivity contribution >= 4 is 5.95 Å². The van der Waals surface area contributed by atoms with Gasteiger partial charge in [-0.1, -0.05) is 0 Å². The van der Waals surface area contributed by atoms with Gasteiger partial charge in [0.2, 0.25) is 5.95 Å². The standard InChI is InChI=1S/C17H22N4O2/c1-13-3-4-15(23-13)10-21-8-5-17(12-21)9-14(11-22-17)20-16-18-6-2-7-19-16/h2-4,6-7,14H,5,8-12H2,1H3,(H,18,19,20)/t14-,17+/m1/s1. The second kappa shape index (κ2) is 5.94. The molecule has 2 aromatic rings. The zero-order valence-electron chi connectivity index (χ0n) is 13.4. The molecule has 2 saturated heterocycles. The normalized spacial score (nSPS) is 27.8. The van der Waals surface area contributed by atoms with E-state index in [1.54, 1.807) is 12.4 Å². The Hall–Kier alpha value is -1.92. The lowest BCUT2D eigenvalue weighted by Crippen LogP contribution is -2.33. The summed E-state index contributed by atoms with van der Waals surface area (Å²) >= 11 is 0. The van der Waals surface area contributed by atoms with Crippen molar-refractivity contribution in [3.8, 4) is 0 Å². The van der Waals surface area contributed by atoms with E-state index in [1.165, 1.54) is 0 Å². The zero-order valence-corrected chi connectivity index (χ0v) is 13.4. The van der Waals surface area contributed by atoms with E-state index in [0.717, 1.165) is 44.0 Å². The molecule has 6 nitrogen and oxygen atoms in total. The van der Waals surface area contributed by atoms with Gasteiger partial charge < -0.3 is 14.5 Å². The fourth-order valence-electron chi connectivity index (χ4n) is 3.63. The Labute approximate surface area is 135 Å². The average molecular weight is 314 g/mol. The number of hydrogen-bond acceptors (Lipinski definition) is 6. The Bertz CT molecular complexity index is 660. The Morgan fingerprint density at radius 2 is 2.22 bits per heavy atom. The van der Waals surface area contributed by atoms with Crippen molar-refractivity contribution in [1.29, 1.82) is 0 Å². The molecule has 1 N–H and O–H groups in total. The summed E-state index contributed by atoms with van der Waals surface area (Å²) in [6, 6.07) is 6.19. The molecule has 122 valence electrons. The van der Waals surface area contributed by atoms with Gasteiger partial charge in [-0.05, 0) is 31.5 Å². The number of anilines is 1. The van der Waals surface area contributed by atoms with E-state index in [-0.39, 0.29) is 11.6 Å². The number of aryl methyl sites for hydroxylation is 1. The molecule has 0 saturated carbocycles. The summed E-state index contributed by atoms with van der Waals surface area (Å²) in [6.07, 6.45) is 5.58. The van der Waals surface area contributed by atoms with E-state index in [1.807, 2.05) is 19.1 Å². The molecule has 0 amide bonds. The predicted octanol–water partition coefficient (Wildman–Crippen LogP) is 2.22. The summed E-state index contributed by atoms with van der Waals surface area (Å²) < 4.78 is 11.9. The third kappa shape index (κ3) is 3.23. The van der Waals surface area contributed by atoms with Gasteiger partial charge in [0.15, 0.2) is 0 Å². The largest absolute Gasteiger partial charge is 0.465 e. The van der Waals surface area contributed by atoms with Crippen molar-refractivity contribution in [3.05, 3.63) is 42.1 Å². The number of likely N-dealkylation sites (tertiary alicyclic amines) is 1. The van der Waals surface area contributed by atoms with Gasteiger partial charge in [0.25, 0.3) is 0 Å². The molecule has 2 aliphatic heterocycles. The van der Waals surface area contributed by atoms with E-state index < -0.39 is 0 Å². The summed E-state index contributed by atoms with van der Waals surface area (Å²) in [5.41, 5.74) is -0.0336. The minimum Gasteiger partial charge on any atom is -0.465 e. The van der Waals surface area contributed by atoms with E-state index in [4.69, 9.17) is 9.15 Å². The molecule has 4 heterocycles. The first-order valence-corrected chi connectivity index (χ1v) is 8.16. The number of furan rings is 1. The molecule has 1 spiro atoms. The average Bonchev–Trinajstić information content (AvgIpc) is 3.24. The fourth-order valence-corrected chi connectivity index (χ4v) is 3.63. The minimum absolute atomic E-state index is 0.0336. The van der Waals surface area contributed by atoms with Crippen LogP contribution in [0.3, 0.4) is 0 Å². The lowest BCUT2D eigenvalue weighted by Gasteiger charge is -2.23. The van der Waals surface area contributed by atoms with Crippen molar-refractivity contribution in [2.75, 3.05) is 25.0 Å². The Balaban J connectivity index is 1.34. The number of aromatic nitrogens is 2. The van der Waals surface area contributed by atoms with Crippen LogP contribution in [0.4, 0.5) is 5.95 Å². The third-order valence-corrected chi connectivity index (χ3v) is 4.68. The summed E-state index contributed by atoms with van der Waals surface area (Å²) in [5.74, 6) is 2.68. The summed E-state index contributed by atoms with van der Waals surface area (Å²) in [5, 5.41) is 3.38. The molecule has 0 radical (unpaired) electrons. The first kappa shape index (κ1) is 14.7. The van der Waals surface area contributed by atoms with E-state index in [0.29, 0.717) is 12.6 Å². The molecule has 0 aromatic carbocycles. The van der Waals surface area contributed by atoms with Crippen LogP contribution in [0.15, 0.2) is 35.0 Å².